The van der Waals surface area contributed by atoms with Gasteiger partial charge in [-0.05, 0) is 6.07 Å². The molecule has 0 radical (unpaired) electrons. The summed E-state index contributed by atoms with van der Waals surface area (Å²) in [6.07, 6.45) is 5.57. The summed E-state index contributed by atoms with van der Waals surface area (Å²) in [5.74, 6) is 0. The van der Waals surface area contributed by atoms with Gasteiger partial charge in [-0.25, -0.2) is 4.98 Å². The molecule has 0 bridgehead atoms. The third-order valence-corrected chi connectivity index (χ3v) is 1.61. The summed E-state index contributed by atoms with van der Waals surface area (Å²) in [5.41, 5.74) is 0.842. The van der Waals surface area contributed by atoms with E-state index in [-0.39, 0.29) is 0 Å². The summed E-state index contributed by atoms with van der Waals surface area (Å²) >= 11 is 5.76. The van der Waals surface area contributed by atoms with E-state index in [0.717, 1.165) is 5.56 Å². The molecule has 12 heavy (non-hydrogen) atoms. The molecular formula is C9H7ClN2. The van der Waals surface area contributed by atoms with Gasteiger partial charge >= 0.3 is 0 Å². The van der Waals surface area contributed by atoms with Gasteiger partial charge in [-0.2, -0.15) is 5.26 Å². The molecule has 3 heteroatoms. The van der Waals surface area contributed by atoms with Gasteiger partial charge in [0.05, 0.1) is 12.5 Å². The highest BCUT2D eigenvalue weighted by molar-refractivity contribution is 6.30. The van der Waals surface area contributed by atoms with Crippen LogP contribution in [0.15, 0.2) is 24.4 Å². The molecule has 0 aliphatic heterocycles. The molecule has 1 aromatic heterocycles. The second kappa shape index (κ2) is 4.53. The summed E-state index contributed by atoms with van der Waals surface area (Å²) in [5, 5.41) is 8.73. The van der Waals surface area contributed by atoms with Gasteiger partial charge in [0.2, 0.25) is 0 Å². The van der Waals surface area contributed by atoms with Crippen LogP contribution in [0.2, 0.25) is 5.15 Å². The molecule has 0 amide bonds. The Bertz CT molecular complexity index is 326. The van der Waals surface area contributed by atoms with E-state index < -0.39 is 0 Å². The summed E-state index contributed by atoms with van der Waals surface area (Å²) in [6, 6.07) is 5.66. The van der Waals surface area contributed by atoms with Crippen LogP contribution in [0.4, 0.5) is 0 Å². The van der Waals surface area contributed by atoms with Gasteiger partial charge in [0.1, 0.15) is 5.15 Å². The van der Waals surface area contributed by atoms with Crippen molar-refractivity contribution in [3.8, 4) is 6.07 Å². The third kappa shape index (κ3) is 2.37. The van der Waals surface area contributed by atoms with Gasteiger partial charge in [0, 0.05) is 11.8 Å². The Kier molecular flexibility index (Phi) is 3.31. The summed E-state index contributed by atoms with van der Waals surface area (Å²) in [7, 11) is 0. The maximum atomic E-state index is 8.26. The summed E-state index contributed by atoms with van der Waals surface area (Å²) < 4.78 is 0. The van der Waals surface area contributed by atoms with Gasteiger partial charge in [0.25, 0.3) is 0 Å². The highest BCUT2D eigenvalue weighted by Crippen LogP contribution is 2.12. The Balaban J connectivity index is 2.77. The van der Waals surface area contributed by atoms with Crippen LogP contribution in [-0.4, -0.2) is 4.98 Å². The quantitative estimate of drug-likeness (QED) is 0.653. The van der Waals surface area contributed by atoms with Crippen LogP contribution in [0.5, 0.6) is 0 Å². The molecule has 0 fully saturated rings. The Morgan fingerprint density at radius 1 is 1.67 bits per heavy atom. The van der Waals surface area contributed by atoms with Crippen molar-refractivity contribution in [1.82, 2.24) is 4.98 Å². The zero-order chi connectivity index (χ0) is 8.81. The van der Waals surface area contributed by atoms with Crippen LogP contribution in [0.25, 0.3) is 6.08 Å². The van der Waals surface area contributed by atoms with E-state index in [2.05, 4.69) is 4.98 Å². The van der Waals surface area contributed by atoms with Crippen molar-refractivity contribution in [2.45, 2.75) is 6.42 Å². The number of allylic oxidation sites excluding steroid dienone is 1. The van der Waals surface area contributed by atoms with Gasteiger partial charge in [-0.15, -0.1) is 0 Å². The zero-order valence-corrected chi connectivity index (χ0v) is 7.12. The Labute approximate surface area is 76.1 Å². The Morgan fingerprint density at radius 3 is 3.17 bits per heavy atom. The first-order valence-corrected chi connectivity index (χ1v) is 3.86. The monoisotopic (exact) mass is 178 g/mol. The van der Waals surface area contributed by atoms with Crippen LogP contribution in [0.3, 0.4) is 0 Å². The average Bonchev–Trinajstić information content (AvgIpc) is 2.09. The lowest BCUT2D eigenvalue weighted by Gasteiger charge is -1.93. The van der Waals surface area contributed by atoms with Gasteiger partial charge < -0.3 is 0 Å². The van der Waals surface area contributed by atoms with Gasteiger partial charge in [-0.1, -0.05) is 29.8 Å². The normalized spacial score (nSPS) is 10.0. The van der Waals surface area contributed by atoms with Crippen molar-refractivity contribution < 1.29 is 0 Å². The molecule has 1 rings (SSSR count). The molecule has 0 aliphatic rings. The molecule has 0 atom stereocenters. The van der Waals surface area contributed by atoms with Crippen molar-refractivity contribution in [3.63, 3.8) is 0 Å². The van der Waals surface area contributed by atoms with Crippen LogP contribution in [0, 0.1) is 11.3 Å². The number of hydrogen-bond donors (Lipinski definition) is 0. The highest BCUT2D eigenvalue weighted by Gasteiger charge is 1.93. The largest absolute Gasteiger partial charge is 0.244 e. The van der Waals surface area contributed by atoms with Gasteiger partial charge in [-0.3, -0.25) is 0 Å². The van der Waals surface area contributed by atoms with Crippen molar-refractivity contribution in [2.75, 3.05) is 0 Å². The average molecular weight is 179 g/mol. The number of pyridine rings is 1. The van der Waals surface area contributed by atoms with Crippen molar-refractivity contribution in [1.29, 1.82) is 5.26 Å². The fourth-order valence-electron chi connectivity index (χ4n) is 0.761. The number of nitriles is 1. The van der Waals surface area contributed by atoms with E-state index in [1.165, 1.54) is 0 Å². The number of rotatable bonds is 2. The molecule has 0 aromatic carbocycles. The highest BCUT2D eigenvalue weighted by atomic mass is 35.5. The van der Waals surface area contributed by atoms with E-state index in [1.807, 2.05) is 12.1 Å². The molecule has 0 saturated carbocycles. The second-order valence-corrected chi connectivity index (χ2v) is 2.51. The molecule has 60 valence electrons. The maximum Gasteiger partial charge on any atom is 0.136 e. The number of aromatic nitrogens is 1. The van der Waals surface area contributed by atoms with E-state index in [1.54, 1.807) is 24.4 Å². The second-order valence-electron chi connectivity index (χ2n) is 2.15. The first-order chi connectivity index (χ1) is 5.84. The van der Waals surface area contributed by atoms with Crippen LogP contribution in [-0.2, 0) is 0 Å². The molecule has 0 N–H and O–H groups in total. The van der Waals surface area contributed by atoms with Crippen molar-refractivity contribution in [2.24, 2.45) is 0 Å². The molecule has 2 nitrogen and oxygen atoms in total. The molecular weight excluding hydrogens is 172 g/mol. The molecule has 0 spiro atoms. The van der Waals surface area contributed by atoms with Crippen molar-refractivity contribution >= 4 is 17.7 Å². The van der Waals surface area contributed by atoms with E-state index in [9.17, 15) is 0 Å². The van der Waals surface area contributed by atoms with Crippen LogP contribution in [0.1, 0.15) is 12.0 Å². The lowest BCUT2D eigenvalue weighted by Crippen LogP contribution is -1.77. The fraction of sp³-hybridized carbons (Fsp3) is 0.111. The van der Waals surface area contributed by atoms with Crippen molar-refractivity contribution in [3.05, 3.63) is 35.1 Å². The van der Waals surface area contributed by atoms with E-state index in [4.69, 9.17) is 16.9 Å². The summed E-state index contributed by atoms with van der Waals surface area (Å²) in [6.45, 7) is 0. The zero-order valence-electron chi connectivity index (χ0n) is 6.37. The maximum absolute atomic E-state index is 8.26. The van der Waals surface area contributed by atoms with Gasteiger partial charge in [0.15, 0.2) is 0 Å². The minimum absolute atomic E-state index is 0.394. The molecule has 0 unspecified atom stereocenters. The van der Waals surface area contributed by atoms with Crippen LogP contribution < -0.4 is 0 Å². The molecule has 1 aromatic rings. The smallest absolute Gasteiger partial charge is 0.136 e. The third-order valence-electron chi connectivity index (χ3n) is 1.29. The van der Waals surface area contributed by atoms with E-state index in [0.29, 0.717) is 11.6 Å². The lowest BCUT2D eigenvalue weighted by atomic mass is 10.2. The Morgan fingerprint density at radius 2 is 2.50 bits per heavy atom. The number of halogens is 1. The van der Waals surface area contributed by atoms with Crippen LogP contribution >= 0.6 is 11.6 Å². The van der Waals surface area contributed by atoms with E-state index >= 15 is 0 Å². The first kappa shape index (κ1) is 8.76. The summed E-state index contributed by atoms with van der Waals surface area (Å²) in [4.78, 5) is 3.89. The lowest BCUT2D eigenvalue weighted by molar-refractivity contribution is 1.31. The number of nitrogens with zero attached hydrogens (tertiary/aromatic N) is 2. The molecule has 1 heterocycles. The minimum Gasteiger partial charge on any atom is -0.244 e. The Hall–Kier alpha value is -1.33. The minimum atomic E-state index is 0.394. The standard InChI is InChI=1S/C9H7ClN2/c10-9-8(4-1-2-6-11)5-3-7-12-9/h1,3-5,7H,2H2. The fourth-order valence-corrected chi connectivity index (χ4v) is 0.944. The predicted octanol–water partition coefficient (Wildman–Crippen LogP) is 2.66. The SMILES string of the molecule is N#CCC=Cc1cccnc1Cl. The first-order valence-electron chi connectivity index (χ1n) is 3.48. The molecule has 0 saturated heterocycles. The number of hydrogen-bond acceptors (Lipinski definition) is 2. The molecule has 0 aliphatic carbocycles. The predicted molar refractivity (Wildman–Crippen MR) is 48.5 cm³/mol. The topological polar surface area (TPSA) is 36.7 Å².